The van der Waals surface area contributed by atoms with Crippen molar-refractivity contribution >= 4 is 15.9 Å². The van der Waals surface area contributed by atoms with Gasteiger partial charge >= 0.3 is 0 Å². The SMILES string of the molecule is C#Cc1ccc([C@@H]2C=C(C(=O)NCc3ccccc3)O[C@H](OCCN(CCO)S(=O)(=O)c3ccc(OC)cc3)C2)cc1. The lowest BCUT2D eigenvalue weighted by Crippen LogP contribution is -2.38. The van der Waals surface area contributed by atoms with Gasteiger partial charge in [0, 0.05) is 37.5 Å². The molecule has 4 rings (SSSR count). The zero-order valence-corrected chi connectivity index (χ0v) is 24.1. The second-order valence-electron chi connectivity index (χ2n) is 9.53. The Balaban J connectivity index is 1.46. The molecule has 220 valence electrons. The Bertz CT molecular complexity index is 1500. The highest BCUT2D eigenvalue weighted by molar-refractivity contribution is 7.89. The smallest absolute Gasteiger partial charge is 0.286 e. The van der Waals surface area contributed by atoms with Crippen LogP contribution in [0.2, 0.25) is 0 Å². The van der Waals surface area contributed by atoms with Gasteiger partial charge in [-0.2, -0.15) is 4.31 Å². The molecule has 0 spiro atoms. The van der Waals surface area contributed by atoms with Gasteiger partial charge in [-0.3, -0.25) is 4.79 Å². The average Bonchev–Trinajstić information content (AvgIpc) is 3.03. The predicted molar refractivity (Wildman–Crippen MR) is 158 cm³/mol. The van der Waals surface area contributed by atoms with Crippen LogP contribution in [0.15, 0.2) is 95.6 Å². The third-order valence-corrected chi connectivity index (χ3v) is 8.69. The molecule has 2 atom stereocenters. The van der Waals surface area contributed by atoms with Crippen LogP contribution in [-0.2, 0) is 30.8 Å². The number of nitrogens with one attached hydrogen (secondary N) is 1. The number of terminal acetylenes is 1. The molecule has 1 heterocycles. The van der Waals surface area contributed by atoms with Crippen LogP contribution in [0.25, 0.3) is 0 Å². The fourth-order valence-corrected chi connectivity index (χ4v) is 5.90. The molecule has 3 aromatic rings. The molecule has 0 unspecified atom stereocenters. The van der Waals surface area contributed by atoms with Crippen LogP contribution in [0, 0.1) is 12.3 Å². The van der Waals surface area contributed by atoms with E-state index in [1.54, 1.807) is 18.2 Å². The Morgan fingerprint density at radius 1 is 1.07 bits per heavy atom. The number of nitrogens with zero attached hydrogens (tertiary/aromatic N) is 1. The quantitative estimate of drug-likeness (QED) is 0.293. The number of rotatable bonds is 13. The topological polar surface area (TPSA) is 114 Å². The van der Waals surface area contributed by atoms with Crippen molar-refractivity contribution in [1.82, 2.24) is 9.62 Å². The van der Waals surface area contributed by atoms with Gasteiger partial charge in [0.05, 0.1) is 25.2 Å². The molecule has 2 N–H and O–H groups in total. The summed E-state index contributed by atoms with van der Waals surface area (Å²) in [5.41, 5.74) is 2.62. The van der Waals surface area contributed by atoms with Crippen LogP contribution in [0.3, 0.4) is 0 Å². The maximum atomic E-state index is 13.2. The second kappa shape index (κ2) is 14.7. The van der Waals surface area contributed by atoms with Crippen molar-refractivity contribution in [2.75, 3.05) is 33.4 Å². The molecule has 9 nitrogen and oxygen atoms in total. The number of hydrogen-bond acceptors (Lipinski definition) is 7. The van der Waals surface area contributed by atoms with Crippen molar-refractivity contribution < 1.29 is 32.5 Å². The molecule has 0 fully saturated rings. The molecule has 0 aromatic heterocycles. The first-order valence-corrected chi connectivity index (χ1v) is 14.9. The molecular weight excluding hydrogens is 556 g/mol. The predicted octanol–water partition coefficient (Wildman–Crippen LogP) is 3.41. The van der Waals surface area contributed by atoms with Crippen molar-refractivity contribution in [3.63, 3.8) is 0 Å². The lowest BCUT2D eigenvalue weighted by Gasteiger charge is -2.30. The van der Waals surface area contributed by atoms with Gasteiger partial charge in [0.2, 0.25) is 16.3 Å². The highest BCUT2D eigenvalue weighted by Crippen LogP contribution is 2.32. The van der Waals surface area contributed by atoms with Gasteiger partial charge < -0.3 is 24.6 Å². The van der Waals surface area contributed by atoms with Crippen LogP contribution in [-0.4, -0.2) is 63.4 Å². The van der Waals surface area contributed by atoms with E-state index in [2.05, 4.69) is 11.2 Å². The summed E-state index contributed by atoms with van der Waals surface area (Å²) in [5.74, 6) is 2.65. The summed E-state index contributed by atoms with van der Waals surface area (Å²) in [5, 5.41) is 12.4. The number of hydrogen-bond donors (Lipinski definition) is 2. The van der Waals surface area contributed by atoms with Crippen LogP contribution >= 0.6 is 0 Å². The molecule has 1 amide bonds. The molecule has 1 aliphatic heterocycles. The van der Waals surface area contributed by atoms with Gasteiger partial charge in [0.1, 0.15) is 5.75 Å². The van der Waals surface area contributed by atoms with Gasteiger partial charge in [-0.15, -0.1) is 6.42 Å². The van der Waals surface area contributed by atoms with Crippen molar-refractivity contribution in [3.8, 4) is 18.1 Å². The first kappa shape index (κ1) is 30.8. The maximum absolute atomic E-state index is 13.2. The monoisotopic (exact) mass is 590 g/mol. The number of ether oxygens (including phenoxy) is 3. The summed E-state index contributed by atoms with van der Waals surface area (Å²) >= 11 is 0. The minimum atomic E-state index is -3.90. The molecule has 0 aliphatic carbocycles. The minimum absolute atomic E-state index is 0.0261. The van der Waals surface area contributed by atoms with E-state index in [0.717, 1.165) is 21.0 Å². The van der Waals surface area contributed by atoms with E-state index in [1.807, 2.05) is 54.6 Å². The standard InChI is InChI=1S/C32H34N2O7S/c1-3-24-9-11-26(12-10-24)27-21-30(32(36)33-23-25-7-5-4-6-8-25)41-31(22-27)40-20-18-34(17-19-35)42(37,38)29-15-13-28(39-2)14-16-29/h1,4-16,21,27,31,35H,17-20,22-23H2,2H3,(H,33,36)/t27-,31+/m1/s1. The van der Waals surface area contributed by atoms with Crippen molar-refractivity contribution in [2.45, 2.75) is 30.1 Å². The summed E-state index contributed by atoms with van der Waals surface area (Å²) in [6.07, 6.45) is 6.85. The van der Waals surface area contributed by atoms with E-state index in [9.17, 15) is 18.3 Å². The summed E-state index contributed by atoms with van der Waals surface area (Å²) in [6.45, 7) is -0.204. The molecule has 0 radical (unpaired) electrons. The van der Waals surface area contributed by atoms with E-state index in [-0.39, 0.29) is 48.8 Å². The number of allylic oxidation sites excluding steroid dienone is 1. The highest BCUT2D eigenvalue weighted by Gasteiger charge is 2.30. The van der Waals surface area contributed by atoms with Crippen LogP contribution in [0.5, 0.6) is 5.75 Å². The fourth-order valence-electron chi connectivity index (χ4n) is 4.49. The second-order valence-corrected chi connectivity index (χ2v) is 11.5. The van der Waals surface area contributed by atoms with E-state index < -0.39 is 16.3 Å². The average molecular weight is 591 g/mol. The summed E-state index contributed by atoms with van der Waals surface area (Å²) < 4.78 is 44.7. The van der Waals surface area contributed by atoms with Gasteiger partial charge in [0.15, 0.2) is 5.76 Å². The molecule has 1 aliphatic rings. The van der Waals surface area contributed by atoms with Crippen LogP contribution in [0.4, 0.5) is 0 Å². The molecular formula is C32H34N2O7S. The number of methoxy groups -OCH3 is 1. The van der Waals surface area contributed by atoms with Crippen LogP contribution in [0.1, 0.15) is 29.0 Å². The summed E-state index contributed by atoms with van der Waals surface area (Å²) in [6, 6.07) is 23.0. The van der Waals surface area contributed by atoms with E-state index in [0.29, 0.717) is 18.7 Å². The van der Waals surface area contributed by atoms with Gasteiger partial charge in [-0.25, -0.2) is 8.42 Å². The number of aliphatic hydroxyl groups excluding tert-OH is 1. The number of sulfonamides is 1. The summed E-state index contributed by atoms with van der Waals surface area (Å²) in [4.78, 5) is 13.2. The zero-order chi connectivity index (χ0) is 30.0. The summed E-state index contributed by atoms with van der Waals surface area (Å²) in [7, 11) is -2.41. The maximum Gasteiger partial charge on any atom is 0.286 e. The first-order chi connectivity index (χ1) is 20.3. The third kappa shape index (κ3) is 7.99. The van der Waals surface area contributed by atoms with Crippen molar-refractivity contribution in [1.29, 1.82) is 0 Å². The van der Waals surface area contributed by atoms with Gasteiger partial charge in [-0.1, -0.05) is 48.4 Å². The Morgan fingerprint density at radius 3 is 2.43 bits per heavy atom. The fraction of sp³-hybridized carbons (Fsp3) is 0.281. The Kier molecular flexibility index (Phi) is 10.8. The van der Waals surface area contributed by atoms with Crippen LogP contribution < -0.4 is 10.1 Å². The molecule has 0 bridgehead atoms. The van der Waals surface area contributed by atoms with E-state index in [1.165, 1.54) is 19.2 Å². The lowest BCUT2D eigenvalue weighted by atomic mass is 9.92. The highest BCUT2D eigenvalue weighted by atomic mass is 32.2. The third-order valence-electron chi connectivity index (χ3n) is 6.77. The minimum Gasteiger partial charge on any atom is -0.497 e. The number of carbonyl (C=O) groups is 1. The Morgan fingerprint density at radius 2 is 1.79 bits per heavy atom. The number of benzene rings is 3. The normalized spacial score (nSPS) is 16.7. The van der Waals surface area contributed by atoms with Gasteiger partial charge in [-0.05, 0) is 53.6 Å². The Hall–Kier alpha value is -4.14. The number of aliphatic hydroxyl groups is 1. The molecule has 3 aromatic carbocycles. The molecule has 10 heteroatoms. The lowest BCUT2D eigenvalue weighted by molar-refractivity contribution is -0.146. The van der Waals surface area contributed by atoms with Gasteiger partial charge in [0.25, 0.3) is 5.91 Å². The van der Waals surface area contributed by atoms with Crippen molar-refractivity contribution in [3.05, 3.63) is 107 Å². The largest absolute Gasteiger partial charge is 0.497 e. The Labute approximate surface area is 246 Å². The number of amides is 1. The molecule has 0 saturated heterocycles. The molecule has 42 heavy (non-hydrogen) atoms. The van der Waals surface area contributed by atoms with Crippen molar-refractivity contribution in [2.24, 2.45) is 0 Å². The zero-order valence-electron chi connectivity index (χ0n) is 23.3. The number of carbonyl (C=O) groups excluding carboxylic acids is 1. The first-order valence-electron chi connectivity index (χ1n) is 13.5. The van der Waals surface area contributed by atoms with E-state index >= 15 is 0 Å². The van der Waals surface area contributed by atoms with E-state index in [4.69, 9.17) is 20.6 Å². The molecule has 0 saturated carbocycles.